The number of anilines is 1. The van der Waals surface area contributed by atoms with Crippen molar-refractivity contribution in [3.8, 4) is 22.7 Å². The Morgan fingerprint density at radius 1 is 1.07 bits per heavy atom. The van der Waals surface area contributed by atoms with E-state index in [1.165, 1.54) is 0 Å². The number of hydrogen-bond donors (Lipinski definition) is 1. The number of thiophene rings is 1. The lowest BCUT2D eigenvalue weighted by atomic mass is 10.0. The van der Waals surface area contributed by atoms with E-state index in [1.54, 1.807) is 52.2 Å². The van der Waals surface area contributed by atoms with Gasteiger partial charge in [0, 0.05) is 40.0 Å². The van der Waals surface area contributed by atoms with Crippen LogP contribution in [-0.2, 0) is 16.1 Å². The molecule has 0 aliphatic carbocycles. The highest BCUT2D eigenvalue weighted by atomic mass is 35.5. The minimum Gasteiger partial charge on any atom is -0.497 e. The number of benzene rings is 2. The van der Waals surface area contributed by atoms with E-state index in [2.05, 4.69) is 16.4 Å². The fraction of sp³-hybridized carbons (Fsp3) is 0.161. The fourth-order valence-corrected chi connectivity index (χ4v) is 7.11. The number of aromatic nitrogens is 3. The molecule has 6 rings (SSSR count). The number of hydrogen-bond acceptors (Lipinski definition) is 7. The zero-order valence-electron chi connectivity index (χ0n) is 22.6. The third kappa shape index (κ3) is 5.78. The summed E-state index contributed by atoms with van der Waals surface area (Å²) in [4.78, 5) is 33.8. The zero-order chi connectivity index (χ0) is 29.1. The van der Waals surface area contributed by atoms with Crippen LogP contribution in [0.15, 0.2) is 90.6 Å². The maximum absolute atomic E-state index is 13.8. The van der Waals surface area contributed by atoms with E-state index < -0.39 is 0 Å². The summed E-state index contributed by atoms with van der Waals surface area (Å²) >= 11 is 9.41. The van der Waals surface area contributed by atoms with Gasteiger partial charge in [-0.2, -0.15) is 5.10 Å². The molecule has 4 heterocycles. The van der Waals surface area contributed by atoms with E-state index in [1.807, 2.05) is 72.1 Å². The summed E-state index contributed by atoms with van der Waals surface area (Å²) in [5, 5.41) is 10.5. The number of nitrogens with one attached hydrogen (secondary N) is 1. The standard InChI is InChI=1S/C31H26ClN5O3S2/c1-40-24-10-8-23(9-11-24)37-31-28(29(35-37)21-4-6-22(32)7-5-21)30(25-3-2-16-41-25)42-19-27(39)36(31)18-26(38)34-17-20-12-14-33-15-13-20/h2-16,30H,17-19H2,1H3,(H,34,38)/t30-/m1/s1. The Balaban J connectivity index is 1.50. The average molecular weight is 616 g/mol. The zero-order valence-corrected chi connectivity index (χ0v) is 25.0. The first-order valence-corrected chi connectivity index (χ1v) is 15.5. The second-order valence-electron chi connectivity index (χ2n) is 9.52. The number of amides is 2. The first-order chi connectivity index (χ1) is 20.5. The summed E-state index contributed by atoms with van der Waals surface area (Å²) < 4.78 is 7.14. The van der Waals surface area contributed by atoms with Gasteiger partial charge in [-0.25, -0.2) is 4.68 Å². The molecule has 1 atom stereocenters. The highest BCUT2D eigenvalue weighted by Gasteiger charge is 2.38. The van der Waals surface area contributed by atoms with E-state index in [-0.39, 0.29) is 29.4 Å². The van der Waals surface area contributed by atoms with E-state index >= 15 is 0 Å². The smallest absolute Gasteiger partial charge is 0.240 e. The van der Waals surface area contributed by atoms with Gasteiger partial charge in [0.05, 0.1) is 29.5 Å². The maximum atomic E-state index is 13.8. The Bertz CT molecular complexity index is 1690. The van der Waals surface area contributed by atoms with Crippen LogP contribution in [0.1, 0.15) is 21.3 Å². The number of ether oxygens (including phenoxy) is 1. The number of rotatable bonds is 8. The highest BCUT2D eigenvalue weighted by molar-refractivity contribution is 8.00. The molecule has 0 saturated carbocycles. The third-order valence-corrected chi connectivity index (χ3v) is 9.44. The molecule has 0 spiro atoms. The van der Waals surface area contributed by atoms with Crippen molar-refractivity contribution < 1.29 is 14.3 Å². The number of fused-ring (bicyclic) bond motifs is 1. The Kier molecular flexibility index (Phi) is 8.27. The summed E-state index contributed by atoms with van der Waals surface area (Å²) in [5.74, 6) is 1.03. The minimum atomic E-state index is -0.277. The molecule has 1 aliphatic heterocycles. The molecule has 0 fully saturated rings. The van der Waals surface area contributed by atoms with Crippen LogP contribution in [0.5, 0.6) is 5.75 Å². The monoisotopic (exact) mass is 615 g/mol. The number of carbonyl (C=O) groups is 2. The fourth-order valence-electron chi connectivity index (χ4n) is 4.81. The van der Waals surface area contributed by atoms with Gasteiger partial charge in [-0.15, -0.1) is 23.1 Å². The second kappa shape index (κ2) is 12.4. The number of carbonyl (C=O) groups excluding carboxylic acids is 2. The summed E-state index contributed by atoms with van der Waals surface area (Å²) in [5.41, 5.74) is 4.11. The molecule has 0 saturated heterocycles. The van der Waals surface area contributed by atoms with Crippen LogP contribution in [0, 0.1) is 0 Å². The Morgan fingerprint density at radius 3 is 2.52 bits per heavy atom. The highest BCUT2D eigenvalue weighted by Crippen LogP contribution is 2.49. The Labute approximate surface area is 256 Å². The topological polar surface area (TPSA) is 89.3 Å². The van der Waals surface area contributed by atoms with Gasteiger partial charge in [0.1, 0.15) is 18.1 Å². The molecule has 0 radical (unpaired) electrons. The lowest BCUT2D eigenvalue weighted by molar-refractivity contribution is -0.123. The van der Waals surface area contributed by atoms with Crippen molar-refractivity contribution in [2.75, 3.05) is 24.3 Å². The van der Waals surface area contributed by atoms with Crippen molar-refractivity contribution in [2.24, 2.45) is 0 Å². The van der Waals surface area contributed by atoms with E-state index in [9.17, 15) is 9.59 Å². The van der Waals surface area contributed by atoms with E-state index in [0.29, 0.717) is 23.1 Å². The SMILES string of the molecule is COc1ccc(-n2nc(-c3ccc(Cl)cc3)c3c2N(CC(=O)NCc2ccncc2)C(=O)CS[C@@H]3c2cccs2)cc1. The molecule has 42 heavy (non-hydrogen) atoms. The normalized spacial score (nSPS) is 14.8. The van der Waals surface area contributed by atoms with Gasteiger partial charge in [-0.3, -0.25) is 19.5 Å². The predicted molar refractivity (Wildman–Crippen MR) is 168 cm³/mol. The molecule has 1 N–H and O–H groups in total. The molecular formula is C31H26ClN5O3S2. The molecule has 8 nitrogen and oxygen atoms in total. The van der Waals surface area contributed by atoms with Crippen molar-refractivity contribution in [1.29, 1.82) is 0 Å². The number of halogens is 1. The summed E-state index contributed by atoms with van der Waals surface area (Å²) in [7, 11) is 1.61. The van der Waals surface area contributed by atoms with Gasteiger partial charge in [0.25, 0.3) is 0 Å². The van der Waals surface area contributed by atoms with Crippen LogP contribution in [-0.4, -0.2) is 46.0 Å². The maximum Gasteiger partial charge on any atom is 0.240 e. The van der Waals surface area contributed by atoms with Gasteiger partial charge in [-0.05, 0) is 65.5 Å². The first kappa shape index (κ1) is 28.0. The lowest BCUT2D eigenvalue weighted by Crippen LogP contribution is -2.42. The minimum absolute atomic E-state index is 0.156. The van der Waals surface area contributed by atoms with E-state index in [0.717, 1.165) is 32.9 Å². The molecule has 3 aromatic heterocycles. The van der Waals surface area contributed by atoms with Crippen LogP contribution in [0.4, 0.5) is 5.82 Å². The van der Waals surface area contributed by atoms with Gasteiger partial charge in [0.2, 0.25) is 11.8 Å². The molecule has 0 bridgehead atoms. The predicted octanol–water partition coefficient (Wildman–Crippen LogP) is 6.14. The number of pyridine rings is 1. The molecular weight excluding hydrogens is 590 g/mol. The van der Waals surface area contributed by atoms with Gasteiger partial charge in [-0.1, -0.05) is 29.8 Å². The third-order valence-electron chi connectivity index (χ3n) is 6.87. The van der Waals surface area contributed by atoms with Crippen LogP contribution in [0.2, 0.25) is 5.02 Å². The molecule has 1 aliphatic rings. The van der Waals surface area contributed by atoms with Crippen molar-refractivity contribution in [2.45, 2.75) is 11.8 Å². The number of methoxy groups -OCH3 is 1. The van der Waals surface area contributed by atoms with Crippen molar-refractivity contribution >= 4 is 52.3 Å². The largest absolute Gasteiger partial charge is 0.497 e. The van der Waals surface area contributed by atoms with E-state index in [4.69, 9.17) is 21.4 Å². The van der Waals surface area contributed by atoms with Crippen molar-refractivity contribution in [3.63, 3.8) is 0 Å². The molecule has 212 valence electrons. The average Bonchev–Trinajstić information content (AvgIpc) is 3.67. The van der Waals surface area contributed by atoms with Crippen LogP contribution in [0.25, 0.3) is 16.9 Å². The molecule has 0 unspecified atom stereocenters. The number of nitrogens with zero attached hydrogens (tertiary/aromatic N) is 4. The van der Waals surface area contributed by atoms with Crippen molar-refractivity contribution in [1.82, 2.24) is 20.1 Å². The van der Waals surface area contributed by atoms with Gasteiger partial charge < -0.3 is 10.1 Å². The lowest BCUT2D eigenvalue weighted by Gasteiger charge is -2.23. The van der Waals surface area contributed by atoms with Crippen molar-refractivity contribution in [3.05, 3.63) is 112 Å². The van der Waals surface area contributed by atoms with Gasteiger partial charge in [0.15, 0.2) is 0 Å². The number of thioether (sulfide) groups is 1. The quantitative estimate of drug-likeness (QED) is 0.225. The second-order valence-corrected chi connectivity index (χ2v) is 12.0. The molecule has 11 heteroatoms. The molecule has 2 aromatic carbocycles. The first-order valence-electron chi connectivity index (χ1n) is 13.2. The van der Waals surface area contributed by atoms with Crippen LogP contribution >= 0.6 is 34.7 Å². The van der Waals surface area contributed by atoms with Gasteiger partial charge >= 0.3 is 0 Å². The molecule has 2 amide bonds. The summed E-state index contributed by atoms with van der Waals surface area (Å²) in [6, 6.07) is 22.8. The summed E-state index contributed by atoms with van der Waals surface area (Å²) in [6.07, 6.45) is 3.36. The van der Waals surface area contributed by atoms with Crippen LogP contribution in [0.3, 0.4) is 0 Å². The molecule has 5 aromatic rings. The Hall–Kier alpha value is -4.12. The van der Waals surface area contributed by atoms with Crippen LogP contribution < -0.4 is 15.0 Å². The Morgan fingerprint density at radius 2 is 1.83 bits per heavy atom. The summed E-state index contributed by atoms with van der Waals surface area (Å²) in [6.45, 7) is 0.174.